The van der Waals surface area contributed by atoms with Crippen molar-refractivity contribution >= 4 is 11.6 Å². The molecule has 0 aromatic heterocycles. The summed E-state index contributed by atoms with van der Waals surface area (Å²) < 4.78 is 0. The molecule has 0 aliphatic carbocycles. The third-order valence-electron chi connectivity index (χ3n) is 2.88. The Hall–Kier alpha value is -2.11. The van der Waals surface area contributed by atoms with Gasteiger partial charge in [0.25, 0.3) is 5.69 Å². The zero-order valence-electron chi connectivity index (χ0n) is 12.2. The molecule has 0 amide bonds. The maximum absolute atomic E-state index is 10.7. The first-order valence-corrected chi connectivity index (χ1v) is 6.85. The minimum atomic E-state index is -0.393. The van der Waals surface area contributed by atoms with Crippen LogP contribution in [0, 0.1) is 10.1 Å². The maximum atomic E-state index is 10.7. The summed E-state index contributed by atoms with van der Waals surface area (Å²) in [6.07, 6.45) is 1.00. The third kappa shape index (κ3) is 5.26. The Morgan fingerprint density at radius 1 is 1.45 bits per heavy atom. The fraction of sp³-hybridized carbons (Fsp3) is 0.500. The standard InChI is InChI=1S/C14H22N4O2/c1-4-11(3)17-14(15-5-2)16-10-12-7-6-8-13(9-12)18(19)20/h6-9,11H,4-5,10H2,1-3H3,(H2,15,16,17). The van der Waals surface area contributed by atoms with Crippen LogP contribution in [-0.4, -0.2) is 23.5 Å². The van der Waals surface area contributed by atoms with E-state index in [1.165, 1.54) is 6.07 Å². The number of hydrogen-bond donors (Lipinski definition) is 2. The molecule has 0 saturated heterocycles. The fourth-order valence-corrected chi connectivity index (χ4v) is 1.59. The molecule has 0 spiro atoms. The minimum absolute atomic E-state index is 0.0950. The predicted molar refractivity (Wildman–Crippen MR) is 80.8 cm³/mol. The van der Waals surface area contributed by atoms with Crippen molar-refractivity contribution in [2.24, 2.45) is 4.99 Å². The normalized spacial score (nSPS) is 12.8. The molecule has 1 aromatic rings. The Kier molecular flexibility index (Phi) is 6.49. The molecule has 1 aromatic carbocycles. The van der Waals surface area contributed by atoms with Gasteiger partial charge in [-0.05, 0) is 25.8 Å². The fourth-order valence-electron chi connectivity index (χ4n) is 1.59. The highest BCUT2D eigenvalue weighted by molar-refractivity contribution is 5.80. The van der Waals surface area contributed by atoms with Gasteiger partial charge in [0.15, 0.2) is 5.96 Å². The first-order valence-electron chi connectivity index (χ1n) is 6.85. The first-order chi connectivity index (χ1) is 9.56. The van der Waals surface area contributed by atoms with Crippen LogP contribution in [0.1, 0.15) is 32.8 Å². The van der Waals surface area contributed by atoms with E-state index < -0.39 is 4.92 Å². The van der Waals surface area contributed by atoms with Crippen LogP contribution in [0.15, 0.2) is 29.3 Å². The molecular weight excluding hydrogens is 256 g/mol. The van der Waals surface area contributed by atoms with Crippen molar-refractivity contribution in [2.75, 3.05) is 6.54 Å². The van der Waals surface area contributed by atoms with Gasteiger partial charge in [0.1, 0.15) is 0 Å². The van der Waals surface area contributed by atoms with Gasteiger partial charge in [-0.1, -0.05) is 19.1 Å². The van der Waals surface area contributed by atoms with Gasteiger partial charge in [-0.3, -0.25) is 10.1 Å². The largest absolute Gasteiger partial charge is 0.357 e. The number of nitrogens with zero attached hydrogens (tertiary/aromatic N) is 2. The van der Waals surface area contributed by atoms with Crippen molar-refractivity contribution < 1.29 is 4.92 Å². The van der Waals surface area contributed by atoms with E-state index in [1.807, 2.05) is 13.0 Å². The van der Waals surface area contributed by atoms with Gasteiger partial charge in [-0.2, -0.15) is 0 Å². The molecule has 20 heavy (non-hydrogen) atoms. The number of nitro groups is 1. The molecule has 0 radical (unpaired) electrons. The van der Waals surface area contributed by atoms with Crippen molar-refractivity contribution in [3.05, 3.63) is 39.9 Å². The number of non-ortho nitro benzene ring substituents is 1. The Morgan fingerprint density at radius 3 is 2.80 bits per heavy atom. The van der Waals surface area contributed by atoms with Gasteiger partial charge in [0, 0.05) is 24.7 Å². The van der Waals surface area contributed by atoms with Crippen molar-refractivity contribution in [3.63, 3.8) is 0 Å². The van der Waals surface area contributed by atoms with Crippen LogP contribution in [-0.2, 0) is 6.54 Å². The topological polar surface area (TPSA) is 79.6 Å². The highest BCUT2D eigenvalue weighted by atomic mass is 16.6. The molecule has 1 rings (SSSR count). The molecule has 0 heterocycles. The van der Waals surface area contributed by atoms with E-state index in [4.69, 9.17) is 0 Å². The average molecular weight is 278 g/mol. The van der Waals surface area contributed by atoms with E-state index >= 15 is 0 Å². The molecule has 2 N–H and O–H groups in total. The predicted octanol–water partition coefficient (Wildman–Crippen LogP) is 2.45. The number of guanidine groups is 1. The molecule has 6 nitrogen and oxygen atoms in total. The number of hydrogen-bond acceptors (Lipinski definition) is 3. The van der Waals surface area contributed by atoms with Crippen LogP contribution >= 0.6 is 0 Å². The van der Waals surface area contributed by atoms with Gasteiger partial charge in [-0.25, -0.2) is 4.99 Å². The molecular formula is C14H22N4O2. The van der Waals surface area contributed by atoms with E-state index in [-0.39, 0.29) is 5.69 Å². The Labute approximate surface area is 119 Å². The van der Waals surface area contributed by atoms with Crippen LogP contribution in [0.5, 0.6) is 0 Å². The summed E-state index contributed by atoms with van der Waals surface area (Å²) in [5, 5.41) is 17.2. The van der Waals surface area contributed by atoms with Crippen LogP contribution < -0.4 is 10.6 Å². The Balaban J connectivity index is 2.75. The Bertz CT molecular complexity index is 474. The second-order valence-corrected chi connectivity index (χ2v) is 4.58. The maximum Gasteiger partial charge on any atom is 0.269 e. The van der Waals surface area contributed by atoms with Crippen LogP contribution in [0.2, 0.25) is 0 Å². The molecule has 6 heteroatoms. The van der Waals surface area contributed by atoms with Crippen LogP contribution in [0.3, 0.4) is 0 Å². The summed E-state index contributed by atoms with van der Waals surface area (Å²) in [6.45, 7) is 7.37. The quantitative estimate of drug-likeness (QED) is 0.362. The molecule has 1 atom stereocenters. The van der Waals surface area contributed by atoms with Gasteiger partial charge in [-0.15, -0.1) is 0 Å². The molecule has 0 aliphatic heterocycles. The molecule has 0 saturated carbocycles. The van der Waals surface area contributed by atoms with E-state index in [9.17, 15) is 10.1 Å². The van der Waals surface area contributed by atoms with Gasteiger partial charge >= 0.3 is 0 Å². The first kappa shape index (κ1) is 15.9. The second-order valence-electron chi connectivity index (χ2n) is 4.58. The number of aliphatic imine (C=N–C) groups is 1. The van der Waals surface area contributed by atoms with E-state index in [2.05, 4.69) is 29.5 Å². The summed E-state index contributed by atoms with van der Waals surface area (Å²) >= 11 is 0. The molecule has 110 valence electrons. The lowest BCUT2D eigenvalue weighted by atomic mass is 10.2. The van der Waals surface area contributed by atoms with Crippen molar-refractivity contribution in [2.45, 2.75) is 39.8 Å². The molecule has 0 fully saturated rings. The SMILES string of the molecule is CCNC(=NCc1cccc([N+](=O)[O-])c1)NC(C)CC. The number of rotatable bonds is 6. The van der Waals surface area contributed by atoms with Gasteiger partial charge in [0.2, 0.25) is 0 Å². The lowest BCUT2D eigenvalue weighted by molar-refractivity contribution is -0.384. The zero-order chi connectivity index (χ0) is 15.0. The van der Waals surface area contributed by atoms with Gasteiger partial charge in [0.05, 0.1) is 11.5 Å². The van der Waals surface area contributed by atoms with Crippen molar-refractivity contribution in [1.82, 2.24) is 10.6 Å². The molecule has 1 unspecified atom stereocenters. The van der Waals surface area contributed by atoms with Crippen LogP contribution in [0.4, 0.5) is 5.69 Å². The highest BCUT2D eigenvalue weighted by Crippen LogP contribution is 2.13. The average Bonchev–Trinajstić information content (AvgIpc) is 2.45. The van der Waals surface area contributed by atoms with Crippen molar-refractivity contribution in [1.29, 1.82) is 0 Å². The summed E-state index contributed by atoms with van der Waals surface area (Å²) in [5.41, 5.74) is 0.915. The van der Waals surface area contributed by atoms with Crippen molar-refractivity contribution in [3.8, 4) is 0 Å². The summed E-state index contributed by atoms with van der Waals surface area (Å²) in [6, 6.07) is 6.88. The molecule has 0 aliphatic rings. The lowest BCUT2D eigenvalue weighted by Gasteiger charge is -2.16. The Morgan fingerprint density at radius 2 is 2.20 bits per heavy atom. The summed E-state index contributed by atoms with van der Waals surface area (Å²) in [5.74, 6) is 0.730. The van der Waals surface area contributed by atoms with E-state index in [0.29, 0.717) is 12.6 Å². The summed E-state index contributed by atoms with van der Waals surface area (Å²) in [7, 11) is 0. The lowest BCUT2D eigenvalue weighted by Crippen LogP contribution is -2.41. The number of nitrogens with one attached hydrogen (secondary N) is 2. The highest BCUT2D eigenvalue weighted by Gasteiger charge is 2.06. The third-order valence-corrected chi connectivity index (χ3v) is 2.88. The smallest absolute Gasteiger partial charge is 0.269 e. The van der Waals surface area contributed by atoms with Gasteiger partial charge < -0.3 is 10.6 Å². The van der Waals surface area contributed by atoms with Crippen LogP contribution in [0.25, 0.3) is 0 Å². The zero-order valence-corrected chi connectivity index (χ0v) is 12.2. The number of benzene rings is 1. The second kappa shape index (κ2) is 8.14. The number of nitro benzene ring substituents is 1. The molecule has 0 bridgehead atoms. The van der Waals surface area contributed by atoms with E-state index in [0.717, 1.165) is 24.5 Å². The monoisotopic (exact) mass is 278 g/mol. The summed E-state index contributed by atoms with van der Waals surface area (Å²) in [4.78, 5) is 14.8. The minimum Gasteiger partial charge on any atom is -0.357 e. The van der Waals surface area contributed by atoms with E-state index in [1.54, 1.807) is 12.1 Å².